The molecule has 6 nitrogen and oxygen atoms in total. The molecule has 0 bridgehead atoms. The summed E-state index contributed by atoms with van der Waals surface area (Å²) in [4.78, 5) is 38.1. The van der Waals surface area contributed by atoms with Crippen molar-refractivity contribution in [1.29, 1.82) is 0 Å². The van der Waals surface area contributed by atoms with Gasteiger partial charge in [-0.3, -0.25) is 14.4 Å². The van der Waals surface area contributed by atoms with Gasteiger partial charge in [-0.25, -0.2) is 0 Å². The van der Waals surface area contributed by atoms with E-state index in [-0.39, 0.29) is 44.0 Å². The van der Waals surface area contributed by atoms with Gasteiger partial charge in [0.2, 0.25) is 0 Å². The summed E-state index contributed by atoms with van der Waals surface area (Å²) >= 11 is 0. The summed E-state index contributed by atoms with van der Waals surface area (Å²) in [7, 11) is 0. The van der Waals surface area contributed by atoms with E-state index >= 15 is 0 Å². The molecule has 0 aliphatic carbocycles. The van der Waals surface area contributed by atoms with Crippen molar-refractivity contribution in [2.24, 2.45) is 0 Å². The molecule has 0 aliphatic heterocycles. The van der Waals surface area contributed by atoms with Crippen LogP contribution in [-0.2, 0) is 28.6 Å². The number of carbonyl (C=O) groups is 3. The first-order valence-corrected chi connectivity index (χ1v) is 28.4. The topological polar surface area (TPSA) is 78.9 Å². The lowest BCUT2D eigenvalue weighted by atomic mass is 10.1. The number of hydrogen-bond donors (Lipinski definition) is 0. The number of rotatable bonds is 49. The van der Waals surface area contributed by atoms with E-state index in [0.29, 0.717) is 19.3 Å². The number of carbonyl (C=O) groups excluding carboxylic acids is 3. The molecule has 1 atom stereocenters. The fraction of sp³-hybridized carbons (Fsp3) is 0.585. The van der Waals surface area contributed by atoms with Crippen LogP contribution in [0.15, 0.2) is 146 Å². The van der Waals surface area contributed by atoms with Crippen LogP contribution >= 0.6 is 0 Å². The van der Waals surface area contributed by atoms with E-state index in [1.54, 1.807) is 0 Å². The quantitative estimate of drug-likeness (QED) is 0.0199. The molecule has 0 spiro atoms. The average molecular weight is 980 g/mol. The van der Waals surface area contributed by atoms with Crippen LogP contribution < -0.4 is 0 Å². The predicted molar refractivity (Wildman–Crippen MR) is 306 cm³/mol. The number of esters is 3. The summed E-state index contributed by atoms with van der Waals surface area (Å²) < 4.78 is 16.8. The van der Waals surface area contributed by atoms with Gasteiger partial charge in [0.05, 0.1) is 0 Å². The molecule has 0 aromatic carbocycles. The molecule has 0 rings (SSSR count). The Morgan fingerprint density at radius 2 is 0.606 bits per heavy atom. The highest BCUT2D eigenvalue weighted by molar-refractivity contribution is 5.71. The van der Waals surface area contributed by atoms with Gasteiger partial charge in [0.25, 0.3) is 0 Å². The van der Waals surface area contributed by atoms with E-state index in [0.717, 1.165) is 96.3 Å². The molecule has 0 N–H and O–H groups in total. The Morgan fingerprint density at radius 1 is 0.310 bits per heavy atom. The van der Waals surface area contributed by atoms with E-state index in [1.807, 2.05) is 0 Å². The van der Waals surface area contributed by atoms with Crippen molar-refractivity contribution in [1.82, 2.24) is 0 Å². The second kappa shape index (κ2) is 57.9. The Morgan fingerprint density at radius 3 is 0.986 bits per heavy atom. The molecule has 0 heterocycles. The second-order valence-electron chi connectivity index (χ2n) is 18.1. The van der Waals surface area contributed by atoms with Gasteiger partial charge < -0.3 is 14.2 Å². The number of hydrogen-bond acceptors (Lipinski definition) is 6. The van der Waals surface area contributed by atoms with Gasteiger partial charge in [0.15, 0.2) is 6.10 Å². The highest BCUT2D eigenvalue weighted by Gasteiger charge is 2.19. The van der Waals surface area contributed by atoms with Crippen molar-refractivity contribution in [3.63, 3.8) is 0 Å². The first-order valence-electron chi connectivity index (χ1n) is 28.4. The zero-order chi connectivity index (χ0) is 51.4. The summed E-state index contributed by atoms with van der Waals surface area (Å²) in [6.07, 6.45) is 82.7. The van der Waals surface area contributed by atoms with Gasteiger partial charge in [0, 0.05) is 19.3 Å². The molecular formula is C65H102O6. The normalized spacial score (nSPS) is 13.2. The van der Waals surface area contributed by atoms with Crippen molar-refractivity contribution < 1.29 is 28.6 Å². The molecule has 0 aliphatic rings. The van der Waals surface area contributed by atoms with Crippen molar-refractivity contribution in [3.8, 4) is 0 Å². The molecule has 0 aromatic heterocycles. The van der Waals surface area contributed by atoms with Crippen molar-refractivity contribution in [3.05, 3.63) is 146 Å². The van der Waals surface area contributed by atoms with E-state index in [1.165, 1.54) is 77.0 Å². The smallest absolute Gasteiger partial charge is 0.306 e. The van der Waals surface area contributed by atoms with Gasteiger partial charge in [-0.2, -0.15) is 0 Å². The molecule has 0 fully saturated rings. The maximum absolute atomic E-state index is 12.8. The second-order valence-corrected chi connectivity index (χ2v) is 18.1. The van der Waals surface area contributed by atoms with Crippen LogP contribution in [0.3, 0.4) is 0 Å². The highest BCUT2D eigenvalue weighted by Crippen LogP contribution is 2.14. The van der Waals surface area contributed by atoms with E-state index in [4.69, 9.17) is 14.2 Å². The number of ether oxygens (including phenoxy) is 3. The minimum atomic E-state index is -0.839. The number of allylic oxidation sites excluding steroid dienone is 24. The highest BCUT2D eigenvalue weighted by atomic mass is 16.6. The van der Waals surface area contributed by atoms with E-state index in [9.17, 15) is 14.4 Å². The Bertz CT molecular complexity index is 1590. The molecule has 0 saturated carbocycles. The fourth-order valence-electron chi connectivity index (χ4n) is 7.15. The molecule has 1 unspecified atom stereocenters. The van der Waals surface area contributed by atoms with Gasteiger partial charge in [-0.1, -0.05) is 231 Å². The Kier molecular flexibility index (Phi) is 54.0. The van der Waals surface area contributed by atoms with Gasteiger partial charge in [-0.05, 0) is 122 Å². The average Bonchev–Trinajstić information content (AvgIpc) is 3.37. The Hall–Kier alpha value is -4.71. The Labute approximate surface area is 436 Å². The van der Waals surface area contributed by atoms with Crippen LogP contribution in [-0.4, -0.2) is 37.2 Å². The molecule has 6 heteroatoms. The molecule has 0 amide bonds. The van der Waals surface area contributed by atoms with Crippen molar-refractivity contribution in [2.75, 3.05) is 13.2 Å². The van der Waals surface area contributed by atoms with Crippen LogP contribution in [0.4, 0.5) is 0 Å². The van der Waals surface area contributed by atoms with Crippen LogP contribution in [0.5, 0.6) is 0 Å². The maximum atomic E-state index is 12.8. The summed E-state index contributed by atoms with van der Waals surface area (Å²) in [5.41, 5.74) is 0. The predicted octanol–water partition coefficient (Wildman–Crippen LogP) is 19.2. The lowest BCUT2D eigenvalue weighted by molar-refractivity contribution is -0.167. The third-order valence-corrected chi connectivity index (χ3v) is 11.3. The standard InChI is InChI=1S/C65H102O6/c1-4-7-10-13-16-19-22-25-28-31-32-35-37-40-43-46-49-52-55-58-64(67)70-61-62(71-65(68)59-56-53-50-47-44-41-38-34-30-27-24-21-18-15-12-9-6-3)60-69-63(66)57-54-51-48-45-42-39-36-33-29-26-23-20-17-14-11-8-5-2/h8-9,11-12,16-22,25-27,29-30,36,38-39,41,45,47-48,50,62H,4-7,10,13-15,23-24,28,31-35,37,40,42-44,46,49,51-61H2,1-3H3/b11-8-,12-9-,19-16-,20-17-,21-18-,25-22-,29-26-,30-27-,39-36-,41-38-,48-45-,50-47-. The zero-order valence-electron chi connectivity index (χ0n) is 45.4. The zero-order valence-corrected chi connectivity index (χ0v) is 45.4. The van der Waals surface area contributed by atoms with Crippen LogP contribution in [0, 0.1) is 0 Å². The number of unbranched alkanes of at least 4 members (excludes halogenated alkanes) is 15. The lowest BCUT2D eigenvalue weighted by Gasteiger charge is -2.18. The van der Waals surface area contributed by atoms with Gasteiger partial charge in [-0.15, -0.1) is 0 Å². The fourth-order valence-corrected chi connectivity index (χ4v) is 7.15. The SMILES string of the molecule is CC/C=C\C/C=C\C/C=C\C/C=C\C/C=C\CCCC(=O)OCC(COC(=O)CCCCCCCCCCCC/C=C\C=C/CCCCC)OC(=O)CCC/C=C\C/C=C\C/C=C\C/C=C\C/C=C\CC. The minimum Gasteiger partial charge on any atom is -0.462 e. The van der Waals surface area contributed by atoms with Crippen LogP contribution in [0.2, 0.25) is 0 Å². The largest absolute Gasteiger partial charge is 0.462 e. The molecule has 0 radical (unpaired) electrons. The van der Waals surface area contributed by atoms with Gasteiger partial charge >= 0.3 is 17.9 Å². The summed E-state index contributed by atoms with van der Waals surface area (Å²) in [6, 6.07) is 0. The van der Waals surface area contributed by atoms with Crippen molar-refractivity contribution in [2.45, 2.75) is 232 Å². The molecular weight excluding hydrogens is 877 g/mol. The molecule has 0 saturated heterocycles. The first-order chi connectivity index (χ1) is 35.0. The monoisotopic (exact) mass is 979 g/mol. The summed E-state index contributed by atoms with van der Waals surface area (Å²) in [5.74, 6) is -1.06. The van der Waals surface area contributed by atoms with Crippen LogP contribution in [0.1, 0.15) is 226 Å². The Balaban J connectivity index is 4.58. The molecule has 398 valence electrons. The summed E-state index contributed by atoms with van der Waals surface area (Å²) in [5, 5.41) is 0. The van der Waals surface area contributed by atoms with Gasteiger partial charge in [0.1, 0.15) is 13.2 Å². The van der Waals surface area contributed by atoms with Crippen LogP contribution in [0.25, 0.3) is 0 Å². The van der Waals surface area contributed by atoms with E-state index in [2.05, 4.69) is 167 Å². The third-order valence-electron chi connectivity index (χ3n) is 11.3. The third kappa shape index (κ3) is 56.1. The molecule has 71 heavy (non-hydrogen) atoms. The lowest BCUT2D eigenvalue weighted by Crippen LogP contribution is -2.30. The first kappa shape index (κ1) is 66.3. The maximum Gasteiger partial charge on any atom is 0.306 e. The van der Waals surface area contributed by atoms with E-state index < -0.39 is 6.10 Å². The summed E-state index contributed by atoms with van der Waals surface area (Å²) in [6.45, 7) is 6.27. The van der Waals surface area contributed by atoms with Crippen molar-refractivity contribution >= 4 is 17.9 Å². The molecule has 0 aromatic rings. The minimum absolute atomic E-state index is 0.126.